The number of imidazole rings is 1. The number of unbranched alkanes of at least 4 members (excludes halogenated alkanes) is 1. The molecule has 10 heteroatoms. The number of rotatable bonds is 12. The Morgan fingerprint density at radius 1 is 1.02 bits per heavy atom. The van der Waals surface area contributed by atoms with Gasteiger partial charge in [-0.1, -0.05) is 73.5 Å². The van der Waals surface area contributed by atoms with Crippen LogP contribution < -0.4 is 9.47 Å². The Labute approximate surface area is 284 Å². The molecule has 2 unspecified atom stereocenters. The van der Waals surface area contributed by atoms with Crippen molar-refractivity contribution in [3.8, 4) is 0 Å². The predicted molar refractivity (Wildman–Crippen MR) is 188 cm³/mol. The van der Waals surface area contributed by atoms with Gasteiger partial charge in [0, 0.05) is 29.9 Å². The van der Waals surface area contributed by atoms with E-state index in [9.17, 15) is 20.3 Å². The molecule has 49 heavy (non-hydrogen) atoms. The number of carbonyl (C=O) groups excluding carboxylic acids is 2. The second-order valence-corrected chi connectivity index (χ2v) is 12.2. The molecule has 248 valence electrons. The van der Waals surface area contributed by atoms with Crippen LogP contribution in [0.3, 0.4) is 0 Å². The zero-order chi connectivity index (χ0) is 34.7. The van der Waals surface area contributed by atoms with Gasteiger partial charge in [0.2, 0.25) is 12.2 Å². The lowest BCUT2D eigenvalue weighted by molar-refractivity contribution is -0.663. The molecule has 1 aliphatic rings. The normalized spacial score (nSPS) is 15.9. The lowest BCUT2D eigenvalue weighted by atomic mass is 9.67. The van der Waals surface area contributed by atoms with E-state index in [0.717, 1.165) is 28.6 Å². The van der Waals surface area contributed by atoms with Gasteiger partial charge in [0.25, 0.3) is 5.69 Å². The van der Waals surface area contributed by atoms with Gasteiger partial charge >= 0.3 is 5.97 Å². The zero-order valence-electron chi connectivity index (χ0n) is 27.7. The summed E-state index contributed by atoms with van der Waals surface area (Å²) < 4.78 is 9.52. The summed E-state index contributed by atoms with van der Waals surface area (Å²) in [6.07, 6.45) is 3.42. The maximum absolute atomic E-state index is 15.4. The molecular formula is C39H37N5O5. The third-order valence-corrected chi connectivity index (χ3v) is 9.21. The first-order valence-electron chi connectivity index (χ1n) is 16.4. The third-order valence-electron chi connectivity index (χ3n) is 9.21. The van der Waals surface area contributed by atoms with Crippen molar-refractivity contribution < 1.29 is 23.8 Å². The van der Waals surface area contributed by atoms with E-state index in [4.69, 9.17) is 4.74 Å². The van der Waals surface area contributed by atoms with E-state index >= 15 is 4.79 Å². The number of anilines is 1. The van der Waals surface area contributed by atoms with Gasteiger partial charge in [0.05, 0.1) is 17.1 Å². The van der Waals surface area contributed by atoms with Crippen LogP contribution in [0.5, 0.6) is 0 Å². The van der Waals surface area contributed by atoms with E-state index in [0.29, 0.717) is 36.3 Å². The van der Waals surface area contributed by atoms with Crippen LogP contribution in [0.25, 0.3) is 16.4 Å². The highest BCUT2D eigenvalue weighted by atomic mass is 16.6. The van der Waals surface area contributed by atoms with Gasteiger partial charge in [-0.15, -0.1) is 0 Å². The summed E-state index contributed by atoms with van der Waals surface area (Å²) >= 11 is 0. The van der Waals surface area contributed by atoms with Crippen molar-refractivity contribution in [2.45, 2.75) is 51.6 Å². The fourth-order valence-corrected chi connectivity index (χ4v) is 7.03. The highest BCUT2D eigenvalue weighted by Crippen LogP contribution is 2.55. The summed E-state index contributed by atoms with van der Waals surface area (Å²) in [4.78, 5) is 42.4. The SMILES string of the molecule is CCCCN1C(=O)C(C(=C=[N-])C(=O)OCC)(C(c2ccc([N+](=O)[O-])cc2)n2c[n+](Cc3ccccc3)c3ccccc32)c2cc(C)ccc21. The number of hydrogen-bond acceptors (Lipinski definition) is 5. The molecule has 0 saturated carbocycles. The second kappa shape index (κ2) is 13.7. The van der Waals surface area contributed by atoms with Crippen molar-refractivity contribution in [3.05, 3.63) is 147 Å². The Balaban J connectivity index is 1.74. The van der Waals surface area contributed by atoms with Gasteiger partial charge < -0.3 is 15.0 Å². The van der Waals surface area contributed by atoms with Crippen LogP contribution in [-0.2, 0) is 26.3 Å². The Hall–Kier alpha value is -5.86. The van der Waals surface area contributed by atoms with Gasteiger partial charge in [-0.25, -0.2) is 13.9 Å². The lowest BCUT2D eigenvalue weighted by Crippen LogP contribution is -2.50. The minimum atomic E-state index is -1.89. The van der Waals surface area contributed by atoms with E-state index in [-0.39, 0.29) is 17.9 Å². The Morgan fingerprint density at radius 3 is 2.41 bits per heavy atom. The maximum Gasteiger partial charge on any atom is 0.341 e. The summed E-state index contributed by atoms with van der Waals surface area (Å²) in [6, 6.07) is 28.3. The number of aryl methyl sites for hydroxylation is 1. The quantitative estimate of drug-likeness (QED) is 0.0375. The number of esters is 1. The maximum atomic E-state index is 15.4. The second-order valence-electron chi connectivity index (χ2n) is 12.2. The molecule has 0 N–H and O–H groups in total. The molecule has 0 bridgehead atoms. The minimum absolute atomic E-state index is 0.000230. The zero-order valence-corrected chi connectivity index (χ0v) is 27.7. The highest BCUT2D eigenvalue weighted by Gasteiger charge is 2.63. The topological polar surface area (TPSA) is 121 Å². The van der Waals surface area contributed by atoms with E-state index in [1.807, 2.05) is 97.5 Å². The molecule has 5 aromatic rings. The van der Waals surface area contributed by atoms with Crippen LogP contribution in [0.2, 0.25) is 0 Å². The number of benzene rings is 4. The molecule has 1 amide bonds. The van der Waals surface area contributed by atoms with Crippen molar-refractivity contribution >= 4 is 40.2 Å². The third kappa shape index (κ3) is 5.70. The van der Waals surface area contributed by atoms with Gasteiger partial charge in [-0.3, -0.25) is 20.8 Å². The number of fused-ring (bicyclic) bond motifs is 2. The number of amides is 1. The van der Waals surface area contributed by atoms with E-state index in [1.165, 1.54) is 12.1 Å². The first kappa shape index (κ1) is 33.1. The summed E-state index contributed by atoms with van der Waals surface area (Å²) in [5.74, 6) is 0.833. The summed E-state index contributed by atoms with van der Waals surface area (Å²) in [6.45, 7) is 6.48. The molecule has 0 fully saturated rings. The van der Waals surface area contributed by atoms with Crippen LogP contribution in [0.1, 0.15) is 55.0 Å². The predicted octanol–water partition coefficient (Wildman–Crippen LogP) is 6.60. The van der Waals surface area contributed by atoms with Crippen molar-refractivity contribution in [2.75, 3.05) is 18.1 Å². The fourth-order valence-electron chi connectivity index (χ4n) is 7.03. The molecule has 6 rings (SSSR count). The molecule has 1 aliphatic heterocycles. The summed E-state index contributed by atoms with van der Waals surface area (Å²) in [7, 11) is 0. The van der Waals surface area contributed by atoms with Crippen LogP contribution in [0, 0.1) is 17.0 Å². The van der Waals surface area contributed by atoms with Gasteiger partial charge in [-0.2, -0.15) is 0 Å². The number of aromatic nitrogens is 2. The monoisotopic (exact) mass is 655 g/mol. The molecular weight excluding hydrogens is 618 g/mol. The van der Waals surface area contributed by atoms with Crippen molar-refractivity contribution in [1.82, 2.24) is 4.57 Å². The first-order chi connectivity index (χ1) is 23.8. The fraction of sp³-hybridized carbons (Fsp3) is 0.256. The van der Waals surface area contributed by atoms with Gasteiger partial charge in [0.1, 0.15) is 12.6 Å². The molecule has 0 aliphatic carbocycles. The molecule has 2 atom stereocenters. The van der Waals surface area contributed by atoms with Gasteiger partial charge in [-0.05, 0) is 61.7 Å². The molecule has 2 heterocycles. The van der Waals surface area contributed by atoms with E-state index in [1.54, 1.807) is 24.0 Å². The van der Waals surface area contributed by atoms with E-state index < -0.39 is 28.3 Å². The van der Waals surface area contributed by atoms with Crippen LogP contribution in [-0.4, -0.2) is 40.4 Å². The average Bonchev–Trinajstić information content (AvgIpc) is 3.57. The lowest BCUT2D eigenvalue weighted by Gasteiger charge is -2.36. The van der Waals surface area contributed by atoms with Crippen LogP contribution >= 0.6 is 0 Å². The number of nitro groups is 1. The number of nitrogens with zero attached hydrogens (tertiary/aromatic N) is 5. The smallest absolute Gasteiger partial charge is 0.341 e. The molecule has 1 aromatic heterocycles. The van der Waals surface area contributed by atoms with E-state index in [2.05, 4.69) is 10.4 Å². The number of nitro benzene ring substituents is 1. The number of para-hydroxylation sites is 2. The molecule has 0 saturated heterocycles. The molecule has 4 aromatic carbocycles. The Kier molecular flexibility index (Phi) is 9.25. The van der Waals surface area contributed by atoms with Crippen LogP contribution in [0.15, 0.2) is 109 Å². The molecule has 0 radical (unpaired) electrons. The van der Waals surface area contributed by atoms with Gasteiger partial charge in [0.15, 0.2) is 16.4 Å². The van der Waals surface area contributed by atoms with Crippen LogP contribution in [0.4, 0.5) is 11.4 Å². The van der Waals surface area contributed by atoms with Crippen molar-refractivity contribution in [2.24, 2.45) is 0 Å². The van der Waals surface area contributed by atoms with Crippen molar-refractivity contribution in [3.63, 3.8) is 0 Å². The average molecular weight is 656 g/mol. The summed E-state index contributed by atoms with van der Waals surface area (Å²) in [5, 5.41) is 22.7. The minimum Gasteiger partial charge on any atom is -0.763 e. The largest absolute Gasteiger partial charge is 0.763 e. The number of non-ortho nitro benzene ring substituents is 1. The Morgan fingerprint density at radius 2 is 1.73 bits per heavy atom. The number of hydrogen-bond donors (Lipinski definition) is 0. The molecule has 0 spiro atoms. The first-order valence-corrected chi connectivity index (χ1v) is 16.4. The number of carbonyl (C=O) groups is 2. The number of ether oxygens (including phenoxy) is 1. The standard InChI is InChI=1S/C39H37N5O5/c1-4-6-22-42-33-21-16-27(3)23-31(33)39(38(42)46,32(24-40)37(45)49-5-2)36(29-17-19-30(20-18-29)44(47)48)43-26-41(25-28-12-8-7-9-13-28)34-14-10-11-15-35(34)43/h7-21,23,26,36H,4-6,22,25H2,1-3H3. The summed E-state index contributed by atoms with van der Waals surface area (Å²) in [5.41, 5.74) is 2.77. The van der Waals surface area contributed by atoms with Crippen molar-refractivity contribution in [1.29, 1.82) is 0 Å². The highest BCUT2D eigenvalue weighted by molar-refractivity contribution is 6.19. The Bertz CT molecular complexity index is 2100. The molecule has 10 nitrogen and oxygen atoms in total.